The number of esters is 2. The molecule has 0 spiro atoms. The molecule has 21 heteroatoms. The number of ether oxygens (including phenoxy) is 4. The molecule has 88 heavy (non-hydrogen) atoms. The van der Waals surface area contributed by atoms with Crippen LogP contribution in [0, 0.1) is 23.2 Å². The quantitative estimate of drug-likeness (QED) is 0.120. The van der Waals surface area contributed by atoms with Crippen molar-refractivity contribution in [1.29, 1.82) is 0 Å². The molecule has 0 saturated carbocycles. The lowest BCUT2D eigenvalue weighted by Crippen LogP contribution is -2.60. The largest absolute Gasteiger partial charge is 0.493 e. The fraction of sp³-hybridized carbons (Fsp3) is 0.552. The second-order valence-corrected chi connectivity index (χ2v) is 24.8. The summed E-state index contributed by atoms with van der Waals surface area (Å²) in [5, 5.41) is 8.73. The molecule has 0 unspecified atom stereocenters. The highest BCUT2D eigenvalue weighted by atomic mass is 16.5. The second kappa shape index (κ2) is 33.3. The molecule has 0 radical (unpaired) electrons. The van der Waals surface area contributed by atoms with Crippen LogP contribution in [0.3, 0.4) is 0 Å². The van der Waals surface area contributed by atoms with E-state index in [4.69, 9.17) is 18.9 Å². The van der Waals surface area contributed by atoms with Crippen LogP contribution in [0.5, 0.6) is 11.5 Å². The van der Waals surface area contributed by atoms with Gasteiger partial charge in [0.2, 0.25) is 41.2 Å². The van der Waals surface area contributed by atoms with E-state index in [1.807, 2.05) is 58.0 Å². The van der Waals surface area contributed by atoms with Crippen molar-refractivity contribution >= 4 is 64.8 Å². The number of piperidine rings is 1. The number of Topliss-reactive ketones (excluding diaryl/α,β-unsaturated/α-hetero) is 1. The monoisotopic (exact) mass is 1220 g/mol. The van der Waals surface area contributed by atoms with Gasteiger partial charge >= 0.3 is 11.9 Å². The van der Waals surface area contributed by atoms with Crippen LogP contribution in [0.25, 0.3) is 0 Å². The molecular formula is C67H93N7O14. The number of aryl methyl sites for hydroxylation is 1. The van der Waals surface area contributed by atoms with Crippen LogP contribution >= 0.6 is 0 Å². The molecule has 0 aliphatic carbocycles. The van der Waals surface area contributed by atoms with Crippen LogP contribution in [0.2, 0.25) is 0 Å². The van der Waals surface area contributed by atoms with Crippen LogP contribution in [0.4, 0.5) is 5.69 Å². The summed E-state index contributed by atoms with van der Waals surface area (Å²) in [5.41, 5.74) is 0.885. The summed E-state index contributed by atoms with van der Waals surface area (Å²) >= 11 is 0. The molecule has 480 valence electrons. The van der Waals surface area contributed by atoms with Gasteiger partial charge in [-0.15, -0.1) is 0 Å². The zero-order chi connectivity index (χ0) is 65.0. The topological polar surface area (TPSA) is 257 Å². The number of nitrogens with one attached hydrogen (secondary N) is 3. The summed E-state index contributed by atoms with van der Waals surface area (Å²) in [4.78, 5) is 147. The van der Waals surface area contributed by atoms with Gasteiger partial charge in [0.1, 0.15) is 42.9 Å². The Morgan fingerprint density at radius 2 is 1.38 bits per heavy atom. The molecule has 2 bridgehead atoms. The third-order valence-corrected chi connectivity index (χ3v) is 15.9. The molecular weight excluding hydrogens is 1130 g/mol. The number of amides is 7. The van der Waals surface area contributed by atoms with Crippen molar-refractivity contribution in [2.45, 2.75) is 162 Å². The molecule has 3 N–H and O–H groups in total. The van der Waals surface area contributed by atoms with Gasteiger partial charge in [-0.05, 0) is 124 Å². The van der Waals surface area contributed by atoms with E-state index in [1.165, 1.54) is 73.9 Å². The normalized spacial score (nSPS) is 22.7. The van der Waals surface area contributed by atoms with Gasteiger partial charge in [0.15, 0.2) is 11.5 Å². The molecule has 7 amide bonds. The SMILES string of the molecule is COc1ccc(CC[C@H]2OC(=O)[C@@H]3CCCCN3C(=O)C(=O)C(C)(C)COC(=O)C=CCCN(C)C(=O)[C@H](CC(C)C)NC(=O)[C@H](C(C)C)N(C)C(=O)[C@@H](Cc3ccccc3)NC(=O)[C@H](CC(C)C)N(C)C(=O)CCC(=O)Nc3cccc2c3)cc1OC. The zero-order valence-electron chi connectivity index (χ0n) is 53.7. The van der Waals surface area contributed by atoms with E-state index in [0.29, 0.717) is 42.0 Å². The van der Waals surface area contributed by atoms with E-state index in [0.717, 1.165) is 11.1 Å². The molecule has 1 saturated heterocycles. The Bertz CT molecular complexity index is 2960. The number of hydrogen-bond acceptors (Lipinski definition) is 14. The summed E-state index contributed by atoms with van der Waals surface area (Å²) in [6.07, 6.45) is 3.80. The summed E-state index contributed by atoms with van der Waals surface area (Å²) in [5.74, 6) is -6.12. The fourth-order valence-electron chi connectivity index (χ4n) is 10.9. The minimum atomic E-state index is -1.51. The third-order valence-electron chi connectivity index (χ3n) is 15.9. The van der Waals surface area contributed by atoms with Crippen molar-refractivity contribution in [2.24, 2.45) is 23.2 Å². The van der Waals surface area contributed by atoms with Gasteiger partial charge in [-0.1, -0.05) is 96.1 Å². The molecule has 2 aliphatic heterocycles. The van der Waals surface area contributed by atoms with Gasteiger partial charge < -0.3 is 54.5 Å². The van der Waals surface area contributed by atoms with Crippen LogP contribution in [-0.2, 0) is 70.3 Å². The Labute approximate surface area is 518 Å². The number of ketones is 1. The third kappa shape index (κ3) is 20.2. The number of nitrogens with zero attached hydrogens (tertiary/aromatic N) is 4. The first-order chi connectivity index (χ1) is 41.6. The van der Waals surface area contributed by atoms with E-state index in [2.05, 4.69) is 16.0 Å². The lowest BCUT2D eigenvalue weighted by Gasteiger charge is -2.36. The second-order valence-electron chi connectivity index (χ2n) is 24.8. The average Bonchev–Trinajstić information content (AvgIpc) is 1.33. The van der Waals surface area contributed by atoms with Crippen LogP contribution in [0.1, 0.15) is 136 Å². The molecule has 2 heterocycles. The molecule has 1 fully saturated rings. The molecule has 21 nitrogen and oxygen atoms in total. The van der Waals surface area contributed by atoms with Gasteiger partial charge in [-0.3, -0.25) is 38.4 Å². The maximum atomic E-state index is 14.9. The summed E-state index contributed by atoms with van der Waals surface area (Å²) in [6.45, 7) is 13.9. The van der Waals surface area contributed by atoms with Crippen LogP contribution in [0.15, 0.2) is 84.9 Å². The lowest BCUT2D eigenvalue weighted by atomic mass is 9.87. The molecule has 0 aromatic heterocycles. The lowest BCUT2D eigenvalue weighted by molar-refractivity contribution is -0.165. The maximum absolute atomic E-state index is 14.9. The Morgan fingerprint density at radius 1 is 0.693 bits per heavy atom. The highest BCUT2D eigenvalue weighted by Crippen LogP contribution is 2.33. The van der Waals surface area contributed by atoms with Crippen molar-refractivity contribution in [3.05, 3.63) is 102 Å². The Balaban J connectivity index is 1.50. The van der Waals surface area contributed by atoms with Crippen LogP contribution < -0.4 is 25.4 Å². The van der Waals surface area contributed by atoms with Gasteiger partial charge in [0.25, 0.3) is 5.91 Å². The first-order valence-electron chi connectivity index (χ1n) is 30.6. The zero-order valence-corrected chi connectivity index (χ0v) is 53.7. The predicted molar refractivity (Wildman–Crippen MR) is 332 cm³/mol. The van der Waals surface area contributed by atoms with E-state index in [1.54, 1.807) is 63.4 Å². The van der Waals surface area contributed by atoms with Gasteiger partial charge in [-0.2, -0.15) is 0 Å². The van der Waals surface area contributed by atoms with E-state index >= 15 is 0 Å². The van der Waals surface area contributed by atoms with Crippen molar-refractivity contribution < 1.29 is 66.9 Å². The number of methoxy groups -OCH3 is 2. The highest BCUT2D eigenvalue weighted by Gasteiger charge is 2.43. The summed E-state index contributed by atoms with van der Waals surface area (Å²) in [6, 6.07) is 15.7. The molecule has 3 aromatic carbocycles. The number of carbonyl (C=O) groups is 10. The predicted octanol–water partition coefficient (Wildman–Crippen LogP) is 7.19. The number of hydrogen-bond donors (Lipinski definition) is 3. The molecule has 3 aromatic rings. The van der Waals surface area contributed by atoms with Gasteiger partial charge in [0.05, 0.1) is 19.6 Å². The molecule has 2 aliphatic rings. The van der Waals surface area contributed by atoms with Crippen LogP contribution in [-0.4, -0.2) is 164 Å². The number of likely N-dealkylation sites (N-methyl/N-ethyl adjacent to an activating group) is 3. The summed E-state index contributed by atoms with van der Waals surface area (Å²) < 4.78 is 22.8. The van der Waals surface area contributed by atoms with E-state index in [-0.39, 0.29) is 76.3 Å². The fourth-order valence-corrected chi connectivity index (χ4v) is 10.9. The van der Waals surface area contributed by atoms with E-state index < -0.39 is 113 Å². The average molecular weight is 1220 g/mol. The summed E-state index contributed by atoms with van der Waals surface area (Å²) in [7, 11) is 7.59. The standard InChI is InChI=1S/C67H93N7O14/c1-42(2)36-49-63(81)71(9)34-19-18-27-58(77)87-41-67(7,8)60(78)65(83)74-35-20-17-26-51(74)66(84)88-53(30-28-46-29-31-54(85-12)55(39-46)86-13)47-24-21-25-48(40-47)68-56(75)32-33-57(76)72(10)52(37-43(3)4)61(79)69-50(38-45-22-15-14-16-23-45)64(82)73(11)59(44(5)6)62(80)70-49/h14-16,18,21-25,27,29,31,39-40,42-44,49-53,59H,17,19-20,26,28,30,32-38,41H2,1-13H3,(H,68,75)(H,69,79)(H,70,80)/t49-,50+,51-,52-,53+,59-/m0/s1. The maximum Gasteiger partial charge on any atom is 0.330 e. The number of carbonyl (C=O) groups excluding carboxylic acids is 10. The Morgan fingerprint density at radius 3 is 2.03 bits per heavy atom. The number of rotatable bonds is 12. The number of cyclic esters (lactones) is 2. The van der Waals surface area contributed by atoms with Gasteiger partial charge in [0, 0.05) is 65.3 Å². The molecule has 5 rings (SSSR count). The number of anilines is 1. The minimum absolute atomic E-state index is 0.0416. The minimum Gasteiger partial charge on any atom is -0.493 e. The van der Waals surface area contributed by atoms with Crippen molar-refractivity contribution in [3.63, 3.8) is 0 Å². The number of fused-ring (bicyclic) bond motifs is 3. The first kappa shape index (κ1) is 70.7. The Hall–Kier alpha value is -8.10. The first-order valence-corrected chi connectivity index (χ1v) is 30.6. The number of benzene rings is 3. The van der Waals surface area contributed by atoms with Crippen molar-refractivity contribution in [3.8, 4) is 11.5 Å². The van der Waals surface area contributed by atoms with Crippen molar-refractivity contribution in [1.82, 2.24) is 30.2 Å². The smallest absolute Gasteiger partial charge is 0.330 e. The molecule has 6 atom stereocenters. The van der Waals surface area contributed by atoms with Crippen molar-refractivity contribution in [2.75, 3.05) is 60.4 Å². The Kier molecular flexibility index (Phi) is 26.7. The van der Waals surface area contributed by atoms with E-state index in [9.17, 15) is 47.9 Å². The van der Waals surface area contributed by atoms with Gasteiger partial charge in [-0.25, -0.2) is 9.59 Å². The highest BCUT2D eigenvalue weighted by molar-refractivity contribution is 6.38.